The summed E-state index contributed by atoms with van der Waals surface area (Å²) in [6.07, 6.45) is 5.45. The minimum atomic E-state index is -0.203. The van der Waals surface area contributed by atoms with Crippen LogP contribution in [0.4, 0.5) is 0 Å². The number of rotatable bonds is 2. The van der Waals surface area contributed by atoms with Crippen molar-refractivity contribution in [2.75, 3.05) is 0 Å². The van der Waals surface area contributed by atoms with Crippen LogP contribution in [0, 0.1) is 6.92 Å². The number of hydrogen-bond donors (Lipinski definition) is 1. The van der Waals surface area contributed by atoms with Crippen molar-refractivity contribution in [2.45, 2.75) is 13.0 Å². The second-order valence-electron chi connectivity index (χ2n) is 4.70. The third-order valence-corrected chi connectivity index (χ3v) is 3.25. The fraction of sp³-hybridized carbons (Fsp3) is 0.125. The Balaban J connectivity index is 2.14. The number of hydrogen-bond acceptors (Lipinski definition) is 3. The van der Waals surface area contributed by atoms with Gasteiger partial charge < -0.3 is 5.73 Å². The predicted molar refractivity (Wildman–Crippen MR) is 76.7 cm³/mol. The monoisotopic (exact) mass is 249 g/mol. The Kier molecular flexibility index (Phi) is 2.97. The van der Waals surface area contributed by atoms with Crippen molar-refractivity contribution < 1.29 is 0 Å². The third-order valence-electron chi connectivity index (χ3n) is 3.25. The van der Waals surface area contributed by atoms with E-state index < -0.39 is 0 Å². The van der Waals surface area contributed by atoms with Gasteiger partial charge in [-0.2, -0.15) is 0 Å². The predicted octanol–water partition coefficient (Wildman–Crippen LogP) is 2.99. The molecular formula is C16H15N3. The Morgan fingerprint density at radius 3 is 2.79 bits per heavy atom. The van der Waals surface area contributed by atoms with Gasteiger partial charge in [0, 0.05) is 24.0 Å². The molecule has 1 aromatic carbocycles. The summed E-state index contributed by atoms with van der Waals surface area (Å²) in [7, 11) is 0. The molecule has 0 aliphatic carbocycles. The molecule has 3 rings (SSSR count). The van der Waals surface area contributed by atoms with Crippen LogP contribution in [0.1, 0.15) is 22.7 Å². The molecule has 19 heavy (non-hydrogen) atoms. The van der Waals surface area contributed by atoms with Crippen LogP contribution in [-0.4, -0.2) is 9.97 Å². The van der Waals surface area contributed by atoms with E-state index in [1.807, 2.05) is 49.6 Å². The maximum absolute atomic E-state index is 6.37. The summed E-state index contributed by atoms with van der Waals surface area (Å²) in [6, 6.07) is 11.9. The number of aromatic nitrogens is 2. The van der Waals surface area contributed by atoms with Gasteiger partial charge in [-0.1, -0.05) is 30.3 Å². The van der Waals surface area contributed by atoms with E-state index in [0.717, 1.165) is 27.6 Å². The van der Waals surface area contributed by atoms with Crippen molar-refractivity contribution in [1.82, 2.24) is 9.97 Å². The lowest BCUT2D eigenvalue weighted by atomic mass is 9.97. The molecule has 3 heteroatoms. The summed E-state index contributed by atoms with van der Waals surface area (Å²) >= 11 is 0. The van der Waals surface area contributed by atoms with Gasteiger partial charge in [-0.3, -0.25) is 9.97 Å². The van der Waals surface area contributed by atoms with Crippen LogP contribution < -0.4 is 5.73 Å². The van der Waals surface area contributed by atoms with E-state index in [0.29, 0.717) is 0 Å². The van der Waals surface area contributed by atoms with E-state index in [1.54, 1.807) is 6.20 Å². The first kappa shape index (κ1) is 11.8. The summed E-state index contributed by atoms with van der Waals surface area (Å²) in [5.41, 5.74) is 10.5. The fourth-order valence-electron chi connectivity index (χ4n) is 2.31. The molecule has 0 saturated heterocycles. The summed E-state index contributed by atoms with van der Waals surface area (Å²) in [4.78, 5) is 8.66. The molecule has 3 aromatic rings. The van der Waals surface area contributed by atoms with Crippen molar-refractivity contribution in [3.63, 3.8) is 0 Å². The van der Waals surface area contributed by atoms with Crippen LogP contribution in [-0.2, 0) is 0 Å². The number of para-hydroxylation sites is 1. The maximum Gasteiger partial charge on any atom is 0.0753 e. The van der Waals surface area contributed by atoms with Crippen molar-refractivity contribution in [3.05, 3.63) is 71.7 Å². The summed E-state index contributed by atoms with van der Waals surface area (Å²) < 4.78 is 0. The smallest absolute Gasteiger partial charge is 0.0753 e. The largest absolute Gasteiger partial charge is 0.320 e. The highest BCUT2D eigenvalue weighted by atomic mass is 14.7. The average molecular weight is 249 g/mol. The third kappa shape index (κ3) is 2.20. The van der Waals surface area contributed by atoms with Crippen LogP contribution in [0.3, 0.4) is 0 Å². The first-order valence-corrected chi connectivity index (χ1v) is 6.26. The highest BCUT2D eigenvalue weighted by Crippen LogP contribution is 2.25. The van der Waals surface area contributed by atoms with Gasteiger partial charge in [0.15, 0.2) is 0 Å². The molecule has 0 saturated carbocycles. The van der Waals surface area contributed by atoms with E-state index in [1.165, 1.54) is 0 Å². The molecule has 0 bridgehead atoms. The Hall–Kier alpha value is -2.26. The van der Waals surface area contributed by atoms with Gasteiger partial charge >= 0.3 is 0 Å². The number of fused-ring (bicyclic) bond motifs is 1. The van der Waals surface area contributed by atoms with E-state index in [-0.39, 0.29) is 6.04 Å². The number of benzene rings is 1. The number of aryl methyl sites for hydroxylation is 1. The Bertz CT molecular complexity index is 717. The van der Waals surface area contributed by atoms with Crippen LogP contribution in [0.2, 0.25) is 0 Å². The molecule has 1 atom stereocenters. The second kappa shape index (κ2) is 4.78. The molecular weight excluding hydrogens is 234 g/mol. The average Bonchev–Trinajstić information content (AvgIpc) is 2.46. The van der Waals surface area contributed by atoms with Gasteiger partial charge in [0.05, 0.1) is 11.6 Å². The molecule has 2 aromatic heterocycles. The van der Waals surface area contributed by atoms with Gasteiger partial charge in [0.25, 0.3) is 0 Å². The molecule has 2 N–H and O–H groups in total. The Morgan fingerprint density at radius 2 is 1.95 bits per heavy atom. The van der Waals surface area contributed by atoms with Crippen molar-refractivity contribution >= 4 is 10.9 Å². The van der Waals surface area contributed by atoms with Crippen molar-refractivity contribution in [3.8, 4) is 0 Å². The topological polar surface area (TPSA) is 51.8 Å². The van der Waals surface area contributed by atoms with Crippen LogP contribution in [0.25, 0.3) is 10.9 Å². The molecule has 1 unspecified atom stereocenters. The summed E-state index contributed by atoms with van der Waals surface area (Å²) in [6.45, 7) is 2.02. The molecule has 3 nitrogen and oxygen atoms in total. The normalized spacial score (nSPS) is 12.5. The van der Waals surface area contributed by atoms with Gasteiger partial charge in [-0.25, -0.2) is 0 Å². The zero-order valence-electron chi connectivity index (χ0n) is 10.7. The molecule has 94 valence electrons. The minimum absolute atomic E-state index is 0.203. The molecule has 0 spiro atoms. The SMILES string of the molecule is Cc1cncc(C(N)c2cccc3cccnc23)c1. The van der Waals surface area contributed by atoms with Crippen LogP contribution in [0.5, 0.6) is 0 Å². The van der Waals surface area contributed by atoms with Gasteiger partial charge in [0.2, 0.25) is 0 Å². The molecule has 2 heterocycles. The Morgan fingerprint density at radius 1 is 1.11 bits per heavy atom. The number of nitrogens with zero attached hydrogens (tertiary/aromatic N) is 2. The van der Waals surface area contributed by atoms with Crippen molar-refractivity contribution in [2.24, 2.45) is 5.73 Å². The quantitative estimate of drug-likeness (QED) is 0.759. The zero-order valence-corrected chi connectivity index (χ0v) is 10.7. The standard InChI is InChI=1S/C16H15N3/c1-11-8-13(10-18-9-11)15(17)14-6-2-4-12-5-3-7-19-16(12)14/h2-10,15H,17H2,1H3. The Labute approximate surface area is 112 Å². The van der Waals surface area contributed by atoms with Gasteiger partial charge in [-0.05, 0) is 29.7 Å². The van der Waals surface area contributed by atoms with Crippen LogP contribution in [0.15, 0.2) is 55.0 Å². The van der Waals surface area contributed by atoms with Gasteiger partial charge in [0.1, 0.15) is 0 Å². The lowest BCUT2D eigenvalue weighted by molar-refractivity contribution is 0.866. The van der Waals surface area contributed by atoms with Crippen LogP contribution >= 0.6 is 0 Å². The maximum atomic E-state index is 6.37. The fourth-order valence-corrected chi connectivity index (χ4v) is 2.31. The lowest BCUT2D eigenvalue weighted by Crippen LogP contribution is -2.13. The second-order valence-corrected chi connectivity index (χ2v) is 4.70. The van der Waals surface area contributed by atoms with E-state index in [9.17, 15) is 0 Å². The number of nitrogens with two attached hydrogens (primary N) is 1. The highest BCUT2D eigenvalue weighted by Gasteiger charge is 2.13. The molecule has 0 amide bonds. The van der Waals surface area contributed by atoms with E-state index >= 15 is 0 Å². The molecule has 0 radical (unpaired) electrons. The summed E-state index contributed by atoms with van der Waals surface area (Å²) in [5, 5.41) is 1.11. The highest BCUT2D eigenvalue weighted by molar-refractivity contribution is 5.82. The first-order valence-electron chi connectivity index (χ1n) is 6.26. The zero-order chi connectivity index (χ0) is 13.2. The summed E-state index contributed by atoms with van der Waals surface area (Å²) in [5.74, 6) is 0. The van der Waals surface area contributed by atoms with Crippen molar-refractivity contribution in [1.29, 1.82) is 0 Å². The molecule has 0 fully saturated rings. The van der Waals surface area contributed by atoms with E-state index in [4.69, 9.17) is 5.73 Å². The van der Waals surface area contributed by atoms with Gasteiger partial charge in [-0.15, -0.1) is 0 Å². The molecule has 0 aliphatic rings. The first-order chi connectivity index (χ1) is 9.25. The number of pyridine rings is 2. The minimum Gasteiger partial charge on any atom is -0.320 e. The molecule has 0 aliphatic heterocycles. The van der Waals surface area contributed by atoms with E-state index in [2.05, 4.69) is 16.0 Å². The lowest BCUT2D eigenvalue weighted by Gasteiger charge is -2.14.